The van der Waals surface area contributed by atoms with E-state index in [1.54, 1.807) is 4.31 Å². The molecule has 72 valence electrons. The molecule has 2 atom stereocenters. The molecule has 1 aliphatic heterocycles. The van der Waals surface area contributed by atoms with Gasteiger partial charge in [0, 0.05) is 25.7 Å². The van der Waals surface area contributed by atoms with Crippen molar-refractivity contribution in [2.24, 2.45) is 0 Å². The summed E-state index contributed by atoms with van der Waals surface area (Å²) in [4.78, 5) is 2.31. The van der Waals surface area contributed by atoms with Crippen LogP contribution in [0, 0.1) is 0 Å². The molecule has 2 unspecified atom stereocenters. The van der Waals surface area contributed by atoms with Crippen molar-refractivity contribution in [3.8, 4) is 0 Å². The van der Waals surface area contributed by atoms with Gasteiger partial charge in [-0.25, -0.2) is 4.21 Å². The fraction of sp³-hybridized carbons (Fsp3) is 1.00. The highest BCUT2D eigenvalue weighted by Gasteiger charge is 2.24. The average Bonchev–Trinajstić information content (AvgIpc) is 2.04. The molecule has 0 bridgehead atoms. The van der Waals surface area contributed by atoms with Gasteiger partial charge in [0.1, 0.15) is 0 Å². The minimum atomic E-state index is -1.78. The minimum Gasteiger partial charge on any atom is -0.298 e. The Labute approximate surface area is 76.0 Å². The standard InChI is InChI=1S/C7H16N2O2S/c1-3-8-4-5-9(12(10)11)6-7(8)2/h7H,3-6H2,1-2H3,(H,10,11). The van der Waals surface area contributed by atoms with Crippen LogP contribution in [-0.4, -0.2) is 50.2 Å². The molecule has 0 saturated carbocycles. The fourth-order valence-corrected chi connectivity index (χ4v) is 2.15. The van der Waals surface area contributed by atoms with E-state index in [2.05, 4.69) is 18.7 Å². The third kappa shape index (κ3) is 2.26. The van der Waals surface area contributed by atoms with Crippen LogP contribution in [0.5, 0.6) is 0 Å². The number of nitrogens with zero attached hydrogens (tertiary/aromatic N) is 2. The van der Waals surface area contributed by atoms with Crippen LogP contribution < -0.4 is 0 Å². The maximum atomic E-state index is 10.7. The highest BCUT2D eigenvalue weighted by atomic mass is 32.2. The summed E-state index contributed by atoms with van der Waals surface area (Å²) in [6.45, 7) is 7.50. The monoisotopic (exact) mass is 192 g/mol. The molecule has 1 rings (SSSR count). The number of piperazine rings is 1. The molecule has 1 fully saturated rings. The van der Waals surface area contributed by atoms with Crippen molar-refractivity contribution in [1.29, 1.82) is 0 Å². The molecule has 0 aromatic carbocycles. The van der Waals surface area contributed by atoms with E-state index in [-0.39, 0.29) is 0 Å². The topological polar surface area (TPSA) is 43.8 Å². The molecule has 1 saturated heterocycles. The highest BCUT2D eigenvalue weighted by molar-refractivity contribution is 7.76. The summed E-state index contributed by atoms with van der Waals surface area (Å²) < 4.78 is 21.1. The Hall–Kier alpha value is 0.0300. The molecular formula is C7H16N2O2S. The van der Waals surface area contributed by atoms with Gasteiger partial charge in [0.2, 0.25) is 11.3 Å². The quantitative estimate of drug-likeness (QED) is 0.633. The lowest BCUT2D eigenvalue weighted by Crippen LogP contribution is -2.51. The maximum Gasteiger partial charge on any atom is 0.234 e. The lowest BCUT2D eigenvalue weighted by molar-refractivity contribution is 0.134. The molecule has 12 heavy (non-hydrogen) atoms. The predicted octanol–water partition coefficient (Wildman–Crippen LogP) is 0.149. The summed E-state index contributed by atoms with van der Waals surface area (Å²) >= 11 is -1.78. The molecule has 4 nitrogen and oxygen atoms in total. The summed E-state index contributed by atoms with van der Waals surface area (Å²) in [6.07, 6.45) is 0. The Balaban J connectivity index is 2.46. The van der Waals surface area contributed by atoms with Crippen LogP contribution in [0.4, 0.5) is 0 Å². The lowest BCUT2D eigenvalue weighted by atomic mass is 10.2. The molecule has 0 spiro atoms. The highest BCUT2D eigenvalue weighted by Crippen LogP contribution is 2.09. The Kier molecular flexibility index (Phi) is 3.64. The van der Waals surface area contributed by atoms with Crippen molar-refractivity contribution in [2.75, 3.05) is 26.2 Å². The van der Waals surface area contributed by atoms with E-state index in [4.69, 9.17) is 4.55 Å². The summed E-state index contributed by atoms with van der Waals surface area (Å²) in [6, 6.07) is 0.389. The minimum absolute atomic E-state index is 0.389. The Morgan fingerprint density at radius 1 is 1.58 bits per heavy atom. The largest absolute Gasteiger partial charge is 0.298 e. The van der Waals surface area contributed by atoms with Gasteiger partial charge in [-0.2, -0.15) is 4.31 Å². The van der Waals surface area contributed by atoms with E-state index in [0.717, 1.165) is 13.1 Å². The van der Waals surface area contributed by atoms with E-state index in [9.17, 15) is 4.21 Å². The number of hydrogen-bond donors (Lipinski definition) is 1. The van der Waals surface area contributed by atoms with Crippen LogP contribution >= 0.6 is 0 Å². The zero-order valence-corrected chi connectivity index (χ0v) is 8.38. The molecular weight excluding hydrogens is 176 g/mol. The summed E-state index contributed by atoms with van der Waals surface area (Å²) in [7, 11) is 0. The fourth-order valence-electron chi connectivity index (χ4n) is 1.57. The van der Waals surface area contributed by atoms with E-state index in [0.29, 0.717) is 19.1 Å². The van der Waals surface area contributed by atoms with Gasteiger partial charge in [-0.05, 0) is 13.5 Å². The van der Waals surface area contributed by atoms with Gasteiger partial charge in [0.25, 0.3) is 0 Å². The first-order chi connectivity index (χ1) is 5.65. The van der Waals surface area contributed by atoms with Crippen molar-refractivity contribution in [3.63, 3.8) is 0 Å². The van der Waals surface area contributed by atoms with Crippen molar-refractivity contribution in [3.05, 3.63) is 0 Å². The molecule has 0 amide bonds. The molecule has 5 heteroatoms. The van der Waals surface area contributed by atoms with Crippen LogP contribution in [-0.2, 0) is 11.3 Å². The van der Waals surface area contributed by atoms with Gasteiger partial charge >= 0.3 is 0 Å². The van der Waals surface area contributed by atoms with Gasteiger partial charge < -0.3 is 0 Å². The first kappa shape index (κ1) is 10.1. The van der Waals surface area contributed by atoms with E-state index in [1.807, 2.05) is 0 Å². The summed E-state index contributed by atoms with van der Waals surface area (Å²) in [5, 5.41) is 0. The molecule has 1 aliphatic rings. The Bertz CT molecular complexity index is 177. The Morgan fingerprint density at radius 2 is 2.25 bits per heavy atom. The van der Waals surface area contributed by atoms with Gasteiger partial charge in [0.15, 0.2) is 0 Å². The van der Waals surface area contributed by atoms with Gasteiger partial charge in [0.05, 0.1) is 0 Å². The van der Waals surface area contributed by atoms with Gasteiger partial charge in [-0.1, -0.05) is 6.92 Å². The Morgan fingerprint density at radius 3 is 2.67 bits per heavy atom. The SMILES string of the molecule is CCN1CCN(S(=O)O)CC1C. The molecule has 0 aliphatic carbocycles. The van der Waals surface area contributed by atoms with Crippen LogP contribution in [0.2, 0.25) is 0 Å². The lowest BCUT2D eigenvalue weighted by Gasteiger charge is -2.37. The van der Waals surface area contributed by atoms with E-state index < -0.39 is 11.3 Å². The van der Waals surface area contributed by atoms with E-state index in [1.165, 1.54) is 0 Å². The molecule has 0 aromatic heterocycles. The van der Waals surface area contributed by atoms with Gasteiger partial charge in [-0.3, -0.25) is 9.45 Å². The molecule has 1 N–H and O–H groups in total. The second-order valence-corrected chi connectivity index (χ2v) is 4.07. The smallest absolute Gasteiger partial charge is 0.234 e. The third-order valence-electron chi connectivity index (χ3n) is 2.35. The number of rotatable bonds is 2. The normalized spacial score (nSPS) is 30.4. The zero-order chi connectivity index (χ0) is 9.14. The average molecular weight is 192 g/mol. The maximum absolute atomic E-state index is 10.7. The number of likely N-dealkylation sites (N-methyl/N-ethyl adjacent to an activating group) is 1. The van der Waals surface area contributed by atoms with E-state index >= 15 is 0 Å². The summed E-state index contributed by atoms with van der Waals surface area (Å²) in [5.74, 6) is 0. The zero-order valence-electron chi connectivity index (χ0n) is 7.56. The van der Waals surface area contributed by atoms with Crippen LogP contribution in [0.15, 0.2) is 0 Å². The molecule has 1 heterocycles. The second kappa shape index (κ2) is 4.32. The molecule has 0 radical (unpaired) electrons. The van der Waals surface area contributed by atoms with Crippen molar-refractivity contribution < 1.29 is 8.76 Å². The second-order valence-electron chi connectivity index (χ2n) is 3.10. The van der Waals surface area contributed by atoms with Crippen molar-refractivity contribution in [1.82, 2.24) is 9.21 Å². The first-order valence-electron chi connectivity index (χ1n) is 4.25. The van der Waals surface area contributed by atoms with Gasteiger partial charge in [-0.15, -0.1) is 0 Å². The third-order valence-corrected chi connectivity index (χ3v) is 3.13. The molecule has 0 aromatic rings. The van der Waals surface area contributed by atoms with Crippen LogP contribution in [0.1, 0.15) is 13.8 Å². The van der Waals surface area contributed by atoms with Crippen molar-refractivity contribution >= 4 is 11.3 Å². The summed E-state index contributed by atoms with van der Waals surface area (Å²) in [5.41, 5.74) is 0. The van der Waals surface area contributed by atoms with Crippen LogP contribution in [0.3, 0.4) is 0 Å². The van der Waals surface area contributed by atoms with Crippen molar-refractivity contribution in [2.45, 2.75) is 19.9 Å². The first-order valence-corrected chi connectivity index (χ1v) is 5.31. The van der Waals surface area contributed by atoms with Crippen LogP contribution in [0.25, 0.3) is 0 Å². The number of hydrogen-bond acceptors (Lipinski definition) is 2. The predicted molar refractivity (Wildman–Crippen MR) is 49.1 cm³/mol.